The van der Waals surface area contributed by atoms with Gasteiger partial charge in [-0.15, -0.1) is 0 Å². The molecule has 12 atom stereocenters. The fourth-order valence-corrected chi connectivity index (χ4v) is 19.0. The number of ether oxygens (including phenoxy) is 4. The SMILES string of the molecule is CCN(CC)CC.CCN(CC)CC.CCN(CC)CC.CCN(CC)CC.CCN(CC)CC.CCN(CC)CC.Nc1ncnc2c1ncn2[C@@H]1O[C@H](COP(=O)(O)OP(=O)(O)OP(=O)(O)O)[C@@H](O)[C@H]1OC(=O)c1ccc(C(=O)c2ccccc2)cc1.Nc1ncnc2c1ncn2[C@@H]1O[C@H](COP(=O)(O)OP(=O)(O)OP(=O)(O)O)[C@@H](OC(=O)c2ccc(C(=O)c3ccccc3)cc2)[C@H]1O. The zero-order valence-corrected chi connectivity index (χ0v) is 85.6. The molecule has 0 spiro atoms. The van der Waals surface area contributed by atoms with Crippen molar-refractivity contribution in [3.8, 4) is 0 Å². The van der Waals surface area contributed by atoms with E-state index in [9.17, 15) is 76.4 Å². The van der Waals surface area contributed by atoms with Crippen molar-refractivity contribution in [3.05, 3.63) is 168 Å². The van der Waals surface area contributed by atoms with E-state index >= 15 is 0 Å². The Kier molecular flexibility index (Phi) is 55.0. The summed E-state index contributed by atoms with van der Waals surface area (Å²) < 4.78 is 119. The number of nitrogens with zero attached hydrogens (tertiary/aromatic N) is 14. The van der Waals surface area contributed by atoms with Crippen LogP contribution < -0.4 is 11.5 Å². The first-order valence-corrected chi connectivity index (χ1v) is 53.4. The van der Waals surface area contributed by atoms with Gasteiger partial charge in [0, 0.05) is 22.3 Å². The molecule has 4 aromatic carbocycles. The Morgan fingerprint density at radius 3 is 0.890 bits per heavy atom. The number of benzene rings is 4. The quantitative estimate of drug-likeness (QED) is 0.00960. The Labute approximate surface area is 794 Å². The molecule has 136 heavy (non-hydrogen) atoms. The molecular weight excluding hydrogens is 1900 g/mol. The Balaban J connectivity index is 0.000000492. The summed E-state index contributed by atoms with van der Waals surface area (Å²) in [5, 5.41) is 22.3. The van der Waals surface area contributed by atoms with Crippen LogP contribution in [0.1, 0.15) is 190 Å². The maximum absolute atomic E-state index is 13.2. The highest BCUT2D eigenvalue weighted by Gasteiger charge is 2.52. The number of anilines is 2. The summed E-state index contributed by atoms with van der Waals surface area (Å²) in [6.07, 6.45) is -8.30. The number of hydrogen-bond donors (Lipinski definition) is 12. The first-order chi connectivity index (χ1) is 64.1. The van der Waals surface area contributed by atoms with Crippen molar-refractivity contribution in [1.82, 2.24) is 68.4 Å². The number of carbonyl (C=O) groups is 4. The molecule has 14 N–H and O–H groups in total. The molecule has 46 nitrogen and oxygen atoms in total. The number of hydrogen-bond acceptors (Lipinski definition) is 36. The maximum Gasteiger partial charge on any atom is 0.490 e. The van der Waals surface area contributed by atoms with Gasteiger partial charge in [0.1, 0.15) is 48.1 Å². The number of carbonyl (C=O) groups excluding carboxylic acids is 4. The summed E-state index contributed by atoms with van der Waals surface area (Å²) >= 11 is 0. The van der Waals surface area contributed by atoms with Crippen LogP contribution in [0.5, 0.6) is 0 Å². The van der Waals surface area contributed by atoms with Gasteiger partial charge in [-0.3, -0.25) is 27.8 Å². The third kappa shape index (κ3) is 41.6. The van der Waals surface area contributed by atoms with Gasteiger partial charge in [0.25, 0.3) is 0 Å². The lowest BCUT2D eigenvalue weighted by Gasteiger charge is -2.22. The van der Waals surface area contributed by atoms with Crippen LogP contribution in [0.15, 0.2) is 135 Å². The number of ketones is 2. The lowest BCUT2D eigenvalue weighted by molar-refractivity contribution is -0.0558. The number of rotatable bonds is 42. The first-order valence-electron chi connectivity index (χ1n) is 44.4. The zero-order chi connectivity index (χ0) is 102. The second-order valence-corrected chi connectivity index (χ2v) is 37.9. The number of phosphoric ester groups is 2. The zero-order valence-electron chi connectivity index (χ0n) is 80.2. The number of fused-ring (bicyclic) bond motifs is 2. The number of aromatic nitrogens is 8. The highest BCUT2D eigenvalue weighted by Crippen LogP contribution is 2.68. The van der Waals surface area contributed by atoms with Crippen LogP contribution in [0.25, 0.3) is 22.3 Å². The van der Waals surface area contributed by atoms with Gasteiger partial charge in [-0.1, -0.05) is 210 Å². The number of imidazole rings is 2. The van der Waals surface area contributed by atoms with Crippen LogP contribution in [0, 0.1) is 0 Å². The number of phosphoric acid groups is 6. The van der Waals surface area contributed by atoms with Crippen molar-refractivity contribution in [2.24, 2.45) is 0 Å². The van der Waals surface area contributed by atoms with E-state index in [1.165, 1.54) is 188 Å². The van der Waals surface area contributed by atoms with Crippen molar-refractivity contribution in [3.63, 3.8) is 0 Å². The molecule has 6 heterocycles. The molecule has 2 aliphatic heterocycles. The molecule has 4 aromatic heterocycles. The molecule has 2 aliphatic rings. The number of nitrogens with two attached hydrogens (primary N) is 2. The fraction of sp³-hybridized carbons (Fsp3) is 0.548. The number of esters is 2. The number of aliphatic hydroxyl groups is 2. The van der Waals surface area contributed by atoms with Crippen LogP contribution in [0.4, 0.5) is 11.6 Å². The van der Waals surface area contributed by atoms with Gasteiger partial charge in [-0.2, -0.15) is 17.2 Å². The molecule has 0 aliphatic carbocycles. The lowest BCUT2D eigenvalue weighted by Crippen LogP contribution is -2.38. The molecule has 4 unspecified atom stereocenters. The summed E-state index contributed by atoms with van der Waals surface area (Å²) in [5.41, 5.74) is 13.4. The Hall–Kier alpha value is -7.72. The fourth-order valence-electron chi connectivity index (χ4n) is 12.9. The van der Waals surface area contributed by atoms with Gasteiger partial charge in [0.15, 0.2) is 59.2 Å². The van der Waals surface area contributed by atoms with Gasteiger partial charge in [0.2, 0.25) is 0 Å². The predicted octanol–water partition coefficient (Wildman–Crippen LogP) is 11.0. The van der Waals surface area contributed by atoms with Gasteiger partial charge in [-0.05, 0) is 142 Å². The summed E-state index contributed by atoms with van der Waals surface area (Å²) in [6.45, 7) is 58.6. The van der Waals surface area contributed by atoms with E-state index in [0.29, 0.717) is 11.1 Å². The average molecular weight is 2040 g/mol. The number of nitrogen functional groups attached to an aromatic ring is 2. The van der Waals surface area contributed by atoms with E-state index in [2.05, 4.69) is 210 Å². The summed E-state index contributed by atoms with van der Waals surface area (Å²) in [6, 6.07) is 27.6. The van der Waals surface area contributed by atoms with Crippen LogP contribution in [0.2, 0.25) is 0 Å². The van der Waals surface area contributed by atoms with E-state index < -0.39 is 121 Å². The van der Waals surface area contributed by atoms with Crippen LogP contribution >= 0.6 is 46.9 Å². The topological polar surface area (TPSA) is 624 Å². The van der Waals surface area contributed by atoms with Gasteiger partial charge in [-0.25, -0.2) is 66.9 Å². The van der Waals surface area contributed by atoms with Gasteiger partial charge in [0.05, 0.1) is 37.0 Å². The average Bonchev–Trinajstić information content (AvgIpc) is 1.62. The highest BCUT2D eigenvalue weighted by molar-refractivity contribution is 7.67. The third-order valence-electron chi connectivity index (χ3n) is 21.0. The van der Waals surface area contributed by atoms with E-state index in [0.717, 1.165) is 12.7 Å². The highest BCUT2D eigenvalue weighted by atomic mass is 31.3. The molecular formula is C84H138N16O30P6. The van der Waals surface area contributed by atoms with Crippen LogP contribution in [-0.2, 0) is 72.6 Å². The molecule has 0 bridgehead atoms. The predicted molar refractivity (Wildman–Crippen MR) is 511 cm³/mol. The molecule has 2 fully saturated rings. The number of aliphatic hydroxyl groups excluding tert-OH is 2. The summed E-state index contributed by atoms with van der Waals surface area (Å²) in [7, 11) is -34.2. The van der Waals surface area contributed by atoms with Crippen molar-refractivity contribution in [2.75, 3.05) is 142 Å². The lowest BCUT2D eigenvalue weighted by atomic mass is 10.0. The van der Waals surface area contributed by atoms with Crippen LogP contribution in [-0.4, -0.2) is 309 Å². The van der Waals surface area contributed by atoms with Crippen molar-refractivity contribution >= 4 is 104 Å². The monoisotopic (exact) mass is 2040 g/mol. The molecule has 10 rings (SSSR count). The van der Waals surface area contributed by atoms with E-state index in [1.807, 2.05) is 0 Å². The minimum absolute atomic E-state index is 0.0115. The largest absolute Gasteiger partial charge is 0.490 e. The summed E-state index contributed by atoms with van der Waals surface area (Å²) in [4.78, 5) is 163. The summed E-state index contributed by atoms with van der Waals surface area (Å²) in [5.74, 6) is -2.64. The van der Waals surface area contributed by atoms with E-state index in [4.69, 9.17) is 50.0 Å². The standard InChI is InChI=1S/2C24H24N5O15P3.6C6H15N/c25-21-17-22(27-11-26-21)29(12-28-17)23-19(31)20(16(41-23)10-40-46(36,37)44-47(38,39)43-45(33,34)35)42-24(32)15-8-6-14(7-9-15)18(30)13-4-2-1-3-5-13;25-21-17-22(27-11-26-21)29(12-28-17)23-20(19(31)16(41-23)10-40-46(36,37)44-47(38,39)43-45(33,34)35)42-24(32)15-8-6-14(7-9-15)18(30)13-4-2-1-3-5-13;6*1-4-7(5-2)6-3/h2*1-9,11-12,16,19-20,23,31H,10H2,(H,36,37)(H,38,39)(H2,25,26,27)(H2,33,34,35);6*4-6H2,1-3H3/t2*16-,19-,20-,23-;;;;;;/m11....../s1. The molecule has 764 valence electrons. The van der Waals surface area contributed by atoms with Crippen molar-refractivity contribution in [2.45, 2.75) is 174 Å². The first kappa shape index (κ1) is 122. The molecule has 0 radical (unpaired) electrons. The Morgan fingerprint density at radius 2 is 0.603 bits per heavy atom. The Bertz CT molecular complexity index is 5030. The molecule has 52 heteroatoms. The minimum Gasteiger partial charge on any atom is -0.453 e. The van der Waals surface area contributed by atoms with Crippen molar-refractivity contribution in [1.29, 1.82) is 0 Å². The second-order valence-electron chi connectivity index (χ2n) is 29.1. The molecule has 0 saturated carbocycles. The maximum atomic E-state index is 13.2. The van der Waals surface area contributed by atoms with Gasteiger partial charge >= 0.3 is 58.9 Å². The van der Waals surface area contributed by atoms with Crippen LogP contribution in [0.3, 0.4) is 0 Å². The van der Waals surface area contributed by atoms with E-state index in [-0.39, 0.29) is 67.8 Å². The smallest absolute Gasteiger partial charge is 0.453 e. The second kappa shape index (κ2) is 61.1. The van der Waals surface area contributed by atoms with Crippen molar-refractivity contribution < 1.29 is 141 Å². The van der Waals surface area contributed by atoms with Gasteiger partial charge < -0.3 is 109 Å². The normalized spacial score (nSPS) is 18.7. The molecule has 0 amide bonds. The molecule has 2 saturated heterocycles. The van der Waals surface area contributed by atoms with E-state index in [1.54, 1.807) is 60.7 Å². The molecule has 8 aromatic rings. The Morgan fingerprint density at radius 1 is 0.338 bits per heavy atom. The third-order valence-corrected chi connectivity index (χ3v) is 28.6. The minimum atomic E-state index is -5.84.